The lowest BCUT2D eigenvalue weighted by molar-refractivity contribution is 0.0207. The third kappa shape index (κ3) is 4.68. The summed E-state index contributed by atoms with van der Waals surface area (Å²) in [6.45, 7) is 11.3. The van der Waals surface area contributed by atoms with Crippen molar-refractivity contribution in [2.75, 3.05) is 39.3 Å². The molecule has 1 spiro atoms. The van der Waals surface area contributed by atoms with Crippen molar-refractivity contribution in [2.45, 2.75) is 89.3 Å². The van der Waals surface area contributed by atoms with Gasteiger partial charge in [-0.1, -0.05) is 44.0 Å². The molecule has 0 radical (unpaired) electrons. The number of amides is 1. The van der Waals surface area contributed by atoms with Crippen LogP contribution in [0.3, 0.4) is 0 Å². The molecule has 5 nitrogen and oxygen atoms in total. The van der Waals surface area contributed by atoms with Crippen molar-refractivity contribution in [1.29, 1.82) is 0 Å². The molecule has 1 aromatic rings. The molecule has 0 bridgehead atoms. The Balaban J connectivity index is 1.25. The summed E-state index contributed by atoms with van der Waals surface area (Å²) in [5.74, 6) is 0.825. The predicted molar refractivity (Wildman–Crippen MR) is 132 cm³/mol. The minimum absolute atomic E-state index is 0.135. The SMILES string of the molecule is CCOC(=O)N1CCC(N2CCC3(CC2)CN(C2CCCCC2C)Cc2ccccc23)CC1. The topological polar surface area (TPSA) is 36.0 Å². The fourth-order valence-electron chi connectivity index (χ4n) is 7.37. The van der Waals surface area contributed by atoms with Gasteiger partial charge in [-0.05, 0) is 75.6 Å². The summed E-state index contributed by atoms with van der Waals surface area (Å²) in [4.78, 5) is 19.6. The van der Waals surface area contributed by atoms with Gasteiger partial charge in [0.05, 0.1) is 6.61 Å². The average Bonchev–Trinajstić information content (AvgIpc) is 2.85. The quantitative estimate of drug-likeness (QED) is 0.643. The molecule has 5 rings (SSSR count). The number of nitrogens with zero attached hydrogens (tertiary/aromatic N) is 3. The Bertz CT molecular complexity index is 811. The molecule has 33 heavy (non-hydrogen) atoms. The van der Waals surface area contributed by atoms with Crippen LogP contribution >= 0.6 is 0 Å². The minimum Gasteiger partial charge on any atom is -0.450 e. The van der Waals surface area contributed by atoms with E-state index in [9.17, 15) is 4.79 Å². The number of carbonyl (C=O) groups excluding carboxylic acids is 1. The van der Waals surface area contributed by atoms with Gasteiger partial charge in [-0.15, -0.1) is 0 Å². The molecule has 182 valence electrons. The fraction of sp³-hybridized carbons (Fsp3) is 0.750. The van der Waals surface area contributed by atoms with Crippen LogP contribution in [0.25, 0.3) is 0 Å². The summed E-state index contributed by atoms with van der Waals surface area (Å²) in [5, 5.41) is 0. The third-order valence-electron chi connectivity index (χ3n) is 9.27. The molecular formula is C28H43N3O2. The third-order valence-corrected chi connectivity index (χ3v) is 9.27. The number of fused-ring (bicyclic) bond motifs is 2. The molecule has 0 aromatic heterocycles. The van der Waals surface area contributed by atoms with Gasteiger partial charge < -0.3 is 14.5 Å². The molecule has 2 saturated heterocycles. The summed E-state index contributed by atoms with van der Waals surface area (Å²) in [7, 11) is 0. The van der Waals surface area contributed by atoms with Crippen LogP contribution in [0.15, 0.2) is 24.3 Å². The van der Waals surface area contributed by atoms with Gasteiger partial charge in [0.25, 0.3) is 0 Å². The van der Waals surface area contributed by atoms with Gasteiger partial charge in [0.15, 0.2) is 0 Å². The minimum atomic E-state index is -0.135. The summed E-state index contributed by atoms with van der Waals surface area (Å²) < 4.78 is 5.21. The molecule has 2 unspecified atom stereocenters. The van der Waals surface area contributed by atoms with Crippen molar-refractivity contribution in [3.63, 3.8) is 0 Å². The molecule has 1 aromatic carbocycles. The van der Waals surface area contributed by atoms with E-state index in [0.717, 1.165) is 44.4 Å². The number of rotatable bonds is 3. The fourth-order valence-corrected chi connectivity index (χ4v) is 7.37. The molecule has 4 aliphatic rings. The van der Waals surface area contributed by atoms with Crippen LogP contribution in [-0.2, 0) is 16.7 Å². The van der Waals surface area contributed by atoms with Crippen molar-refractivity contribution in [3.8, 4) is 0 Å². The molecule has 1 aliphatic carbocycles. The molecule has 3 heterocycles. The van der Waals surface area contributed by atoms with E-state index in [0.29, 0.717) is 18.1 Å². The van der Waals surface area contributed by atoms with Crippen LogP contribution in [0, 0.1) is 5.92 Å². The lowest BCUT2D eigenvalue weighted by Gasteiger charge is -2.53. The Labute approximate surface area is 200 Å². The number of hydrogen-bond donors (Lipinski definition) is 0. The van der Waals surface area contributed by atoms with E-state index >= 15 is 0 Å². The van der Waals surface area contributed by atoms with Crippen LogP contribution in [-0.4, -0.2) is 72.2 Å². The molecule has 2 atom stereocenters. The van der Waals surface area contributed by atoms with E-state index < -0.39 is 0 Å². The van der Waals surface area contributed by atoms with Gasteiger partial charge in [-0.2, -0.15) is 0 Å². The molecule has 0 N–H and O–H groups in total. The van der Waals surface area contributed by atoms with Gasteiger partial charge in [-0.25, -0.2) is 4.79 Å². The maximum Gasteiger partial charge on any atom is 0.409 e. The number of hydrogen-bond acceptors (Lipinski definition) is 4. The summed E-state index contributed by atoms with van der Waals surface area (Å²) in [5.41, 5.74) is 3.54. The molecule has 5 heteroatoms. The number of ether oxygens (including phenoxy) is 1. The second kappa shape index (κ2) is 9.95. The smallest absolute Gasteiger partial charge is 0.409 e. The highest BCUT2D eigenvalue weighted by atomic mass is 16.6. The van der Waals surface area contributed by atoms with Crippen LogP contribution in [0.1, 0.15) is 76.3 Å². The van der Waals surface area contributed by atoms with E-state index in [4.69, 9.17) is 4.74 Å². The van der Waals surface area contributed by atoms with Gasteiger partial charge >= 0.3 is 6.09 Å². The molecular weight excluding hydrogens is 410 g/mol. The largest absolute Gasteiger partial charge is 0.450 e. The van der Waals surface area contributed by atoms with Gasteiger partial charge in [0.1, 0.15) is 0 Å². The zero-order valence-corrected chi connectivity index (χ0v) is 20.8. The first-order valence-electron chi connectivity index (χ1n) is 13.6. The first-order chi connectivity index (χ1) is 16.1. The predicted octanol–water partition coefficient (Wildman–Crippen LogP) is 5.04. The van der Waals surface area contributed by atoms with Gasteiger partial charge in [0, 0.05) is 43.7 Å². The Morgan fingerprint density at radius 2 is 1.73 bits per heavy atom. The highest BCUT2D eigenvalue weighted by Gasteiger charge is 2.45. The van der Waals surface area contributed by atoms with E-state index in [1.165, 1.54) is 58.2 Å². The van der Waals surface area contributed by atoms with E-state index in [1.54, 1.807) is 11.1 Å². The Hall–Kier alpha value is -1.59. The van der Waals surface area contributed by atoms with Crippen molar-refractivity contribution in [2.24, 2.45) is 5.92 Å². The Morgan fingerprint density at radius 1 is 1.00 bits per heavy atom. The first kappa shape index (κ1) is 23.2. The molecule has 1 amide bonds. The number of likely N-dealkylation sites (tertiary alicyclic amines) is 2. The van der Waals surface area contributed by atoms with Crippen molar-refractivity contribution in [1.82, 2.24) is 14.7 Å². The van der Waals surface area contributed by atoms with E-state index in [-0.39, 0.29) is 6.09 Å². The Kier molecular flexibility index (Phi) is 6.99. The van der Waals surface area contributed by atoms with Gasteiger partial charge in [0.2, 0.25) is 0 Å². The second-order valence-corrected chi connectivity index (χ2v) is 11.1. The van der Waals surface area contributed by atoms with Gasteiger partial charge in [-0.3, -0.25) is 4.90 Å². The average molecular weight is 454 g/mol. The second-order valence-electron chi connectivity index (χ2n) is 11.1. The van der Waals surface area contributed by atoms with Crippen molar-refractivity contribution in [3.05, 3.63) is 35.4 Å². The van der Waals surface area contributed by atoms with Crippen molar-refractivity contribution >= 4 is 6.09 Å². The zero-order chi connectivity index (χ0) is 22.8. The van der Waals surface area contributed by atoms with Crippen molar-refractivity contribution < 1.29 is 9.53 Å². The zero-order valence-electron chi connectivity index (χ0n) is 20.8. The number of benzene rings is 1. The maximum atomic E-state index is 12.1. The molecule has 3 aliphatic heterocycles. The lowest BCUT2D eigenvalue weighted by Crippen LogP contribution is -2.57. The summed E-state index contributed by atoms with van der Waals surface area (Å²) in [6, 6.07) is 10.7. The number of piperidine rings is 2. The van der Waals surface area contributed by atoms with Crippen LogP contribution in [0.5, 0.6) is 0 Å². The van der Waals surface area contributed by atoms with Crippen LogP contribution < -0.4 is 0 Å². The Morgan fingerprint density at radius 3 is 2.45 bits per heavy atom. The first-order valence-corrected chi connectivity index (χ1v) is 13.6. The molecule has 1 saturated carbocycles. The lowest BCUT2D eigenvalue weighted by atomic mass is 9.67. The molecule has 3 fully saturated rings. The highest BCUT2D eigenvalue weighted by molar-refractivity contribution is 5.67. The summed E-state index contributed by atoms with van der Waals surface area (Å²) in [6.07, 6.45) is 10.1. The van der Waals surface area contributed by atoms with Crippen LogP contribution in [0.2, 0.25) is 0 Å². The van der Waals surface area contributed by atoms with E-state index in [2.05, 4.69) is 41.0 Å². The monoisotopic (exact) mass is 453 g/mol. The number of carbonyl (C=O) groups is 1. The standard InChI is InChI=1S/C28H43N3O2/c1-3-33-27(32)30-16-12-24(13-17-30)29-18-14-28(15-19-29)21-31(26-11-7-4-8-22(26)2)20-23-9-5-6-10-25(23)28/h5-6,9-10,22,24,26H,3-4,7-8,11-21H2,1-2H3. The highest BCUT2D eigenvalue weighted by Crippen LogP contribution is 2.44. The van der Waals surface area contributed by atoms with E-state index in [1.807, 2.05) is 11.8 Å². The summed E-state index contributed by atoms with van der Waals surface area (Å²) >= 11 is 0. The maximum absolute atomic E-state index is 12.1. The van der Waals surface area contributed by atoms with Crippen LogP contribution in [0.4, 0.5) is 4.79 Å². The normalized spacial score (nSPS) is 29.1.